The molecule has 0 saturated heterocycles. The SMILES string of the molecule is CCCNCc1cc2c(cc1C)N(CCC)C(C)(C)C=C2C. The molecular weight excluding hydrogens is 268 g/mol. The van der Waals surface area contributed by atoms with Crippen LogP contribution in [-0.4, -0.2) is 18.6 Å². The van der Waals surface area contributed by atoms with Crippen LogP contribution in [-0.2, 0) is 6.54 Å². The minimum atomic E-state index is 0.0987. The van der Waals surface area contributed by atoms with Gasteiger partial charge in [-0.1, -0.05) is 19.9 Å². The molecule has 1 aromatic carbocycles. The monoisotopic (exact) mass is 300 g/mol. The molecule has 1 N–H and O–H groups in total. The Morgan fingerprint density at radius 1 is 1.09 bits per heavy atom. The first kappa shape index (κ1) is 17.1. The van der Waals surface area contributed by atoms with E-state index in [1.165, 1.54) is 40.8 Å². The molecule has 0 saturated carbocycles. The number of fused-ring (bicyclic) bond motifs is 1. The number of anilines is 1. The van der Waals surface area contributed by atoms with Crippen LogP contribution in [0, 0.1) is 6.92 Å². The molecule has 122 valence electrons. The van der Waals surface area contributed by atoms with Crippen molar-refractivity contribution in [2.45, 2.75) is 66.5 Å². The molecule has 1 aromatic rings. The highest BCUT2D eigenvalue weighted by molar-refractivity contribution is 5.82. The van der Waals surface area contributed by atoms with E-state index in [1.807, 2.05) is 0 Å². The Hall–Kier alpha value is -1.28. The zero-order chi connectivity index (χ0) is 16.3. The molecule has 0 aliphatic carbocycles. The molecule has 0 bridgehead atoms. The van der Waals surface area contributed by atoms with E-state index in [-0.39, 0.29) is 5.54 Å². The van der Waals surface area contributed by atoms with Gasteiger partial charge in [0, 0.05) is 24.3 Å². The summed E-state index contributed by atoms with van der Waals surface area (Å²) in [5, 5.41) is 3.53. The number of hydrogen-bond acceptors (Lipinski definition) is 2. The Morgan fingerprint density at radius 2 is 1.82 bits per heavy atom. The van der Waals surface area contributed by atoms with E-state index >= 15 is 0 Å². The first-order valence-corrected chi connectivity index (χ1v) is 8.72. The second-order valence-electron chi connectivity index (χ2n) is 7.11. The van der Waals surface area contributed by atoms with Gasteiger partial charge >= 0.3 is 0 Å². The van der Waals surface area contributed by atoms with Crippen molar-refractivity contribution in [2.75, 3.05) is 18.0 Å². The third kappa shape index (κ3) is 3.38. The second-order valence-corrected chi connectivity index (χ2v) is 7.11. The molecule has 1 heterocycles. The van der Waals surface area contributed by atoms with Gasteiger partial charge in [0.1, 0.15) is 0 Å². The normalized spacial score (nSPS) is 16.5. The molecule has 1 aliphatic heterocycles. The number of hydrogen-bond donors (Lipinski definition) is 1. The van der Waals surface area contributed by atoms with Gasteiger partial charge in [-0.25, -0.2) is 0 Å². The molecule has 0 radical (unpaired) electrons. The van der Waals surface area contributed by atoms with Crippen molar-refractivity contribution in [3.05, 3.63) is 34.9 Å². The number of rotatable bonds is 6. The van der Waals surface area contributed by atoms with Crippen LogP contribution in [0.15, 0.2) is 18.2 Å². The van der Waals surface area contributed by atoms with Gasteiger partial charge in [0.15, 0.2) is 0 Å². The summed E-state index contributed by atoms with van der Waals surface area (Å²) in [6.07, 6.45) is 4.78. The van der Waals surface area contributed by atoms with Crippen LogP contribution >= 0.6 is 0 Å². The van der Waals surface area contributed by atoms with E-state index in [1.54, 1.807) is 0 Å². The van der Waals surface area contributed by atoms with Crippen molar-refractivity contribution in [2.24, 2.45) is 0 Å². The predicted octanol–water partition coefficient (Wildman–Crippen LogP) is 4.91. The van der Waals surface area contributed by atoms with Crippen LogP contribution in [0.4, 0.5) is 5.69 Å². The molecule has 0 aromatic heterocycles. The quantitative estimate of drug-likeness (QED) is 0.751. The van der Waals surface area contributed by atoms with Crippen LogP contribution in [0.25, 0.3) is 5.57 Å². The average Bonchev–Trinajstić information content (AvgIpc) is 2.44. The van der Waals surface area contributed by atoms with Crippen LogP contribution in [0.5, 0.6) is 0 Å². The maximum atomic E-state index is 3.53. The Bertz CT molecular complexity index is 555. The number of nitrogens with one attached hydrogen (secondary N) is 1. The number of allylic oxidation sites excluding steroid dienone is 1. The molecular formula is C20H32N2. The Morgan fingerprint density at radius 3 is 2.45 bits per heavy atom. The highest BCUT2D eigenvalue weighted by Gasteiger charge is 2.31. The molecule has 0 unspecified atom stereocenters. The van der Waals surface area contributed by atoms with Crippen molar-refractivity contribution in [3.8, 4) is 0 Å². The summed E-state index contributed by atoms with van der Waals surface area (Å²) in [5.74, 6) is 0. The second kappa shape index (κ2) is 6.87. The molecule has 0 atom stereocenters. The van der Waals surface area contributed by atoms with Crippen LogP contribution in [0.3, 0.4) is 0 Å². The zero-order valence-electron chi connectivity index (χ0n) is 15.2. The van der Waals surface area contributed by atoms with Crippen molar-refractivity contribution in [1.29, 1.82) is 0 Å². The predicted molar refractivity (Wildman–Crippen MR) is 98.5 cm³/mol. The highest BCUT2D eigenvalue weighted by atomic mass is 15.2. The molecule has 1 aliphatic rings. The topological polar surface area (TPSA) is 15.3 Å². The Labute approximate surface area is 136 Å². The third-order valence-electron chi connectivity index (χ3n) is 4.62. The van der Waals surface area contributed by atoms with Gasteiger partial charge in [0.25, 0.3) is 0 Å². The minimum Gasteiger partial charge on any atom is -0.362 e. The Kier molecular flexibility index (Phi) is 5.33. The van der Waals surface area contributed by atoms with Gasteiger partial charge < -0.3 is 10.2 Å². The molecule has 0 spiro atoms. The van der Waals surface area contributed by atoms with Crippen LogP contribution < -0.4 is 10.2 Å². The number of nitrogens with zero attached hydrogens (tertiary/aromatic N) is 1. The summed E-state index contributed by atoms with van der Waals surface area (Å²) in [4.78, 5) is 2.56. The van der Waals surface area contributed by atoms with Crippen molar-refractivity contribution in [1.82, 2.24) is 5.32 Å². The van der Waals surface area contributed by atoms with Crippen molar-refractivity contribution < 1.29 is 0 Å². The lowest BCUT2D eigenvalue weighted by Gasteiger charge is -2.43. The lowest BCUT2D eigenvalue weighted by atomic mass is 9.86. The van der Waals surface area contributed by atoms with E-state index in [0.717, 1.165) is 19.6 Å². The van der Waals surface area contributed by atoms with Gasteiger partial charge in [-0.15, -0.1) is 0 Å². The van der Waals surface area contributed by atoms with E-state index in [4.69, 9.17) is 0 Å². The van der Waals surface area contributed by atoms with Crippen molar-refractivity contribution in [3.63, 3.8) is 0 Å². The molecule has 2 heteroatoms. The van der Waals surface area contributed by atoms with Gasteiger partial charge in [-0.2, -0.15) is 0 Å². The summed E-state index contributed by atoms with van der Waals surface area (Å²) in [6, 6.07) is 4.79. The largest absolute Gasteiger partial charge is 0.362 e. The summed E-state index contributed by atoms with van der Waals surface area (Å²) < 4.78 is 0. The smallest absolute Gasteiger partial charge is 0.0534 e. The van der Waals surface area contributed by atoms with Gasteiger partial charge in [0.2, 0.25) is 0 Å². The summed E-state index contributed by atoms with van der Waals surface area (Å²) >= 11 is 0. The Balaban J connectivity index is 2.41. The van der Waals surface area contributed by atoms with E-state index in [9.17, 15) is 0 Å². The van der Waals surface area contributed by atoms with E-state index in [2.05, 4.69) is 70.0 Å². The van der Waals surface area contributed by atoms with Gasteiger partial charge in [-0.05, 0) is 75.9 Å². The fraction of sp³-hybridized carbons (Fsp3) is 0.600. The minimum absolute atomic E-state index is 0.0987. The van der Waals surface area contributed by atoms with Crippen LogP contribution in [0.1, 0.15) is 64.2 Å². The van der Waals surface area contributed by atoms with E-state index in [0.29, 0.717) is 0 Å². The first-order valence-electron chi connectivity index (χ1n) is 8.72. The van der Waals surface area contributed by atoms with Gasteiger partial charge in [0.05, 0.1) is 5.54 Å². The standard InChI is InChI=1S/C20H32N2/c1-7-9-21-14-17-12-18-16(4)13-20(5,6)22(10-8-2)19(18)11-15(17)3/h11-13,21H,7-10,14H2,1-6H3. The fourth-order valence-electron chi connectivity index (χ4n) is 3.50. The molecule has 0 fully saturated rings. The molecule has 0 amide bonds. The third-order valence-corrected chi connectivity index (χ3v) is 4.62. The maximum absolute atomic E-state index is 3.53. The molecule has 2 nitrogen and oxygen atoms in total. The lowest BCUT2D eigenvalue weighted by Crippen LogP contribution is -2.45. The molecule has 22 heavy (non-hydrogen) atoms. The summed E-state index contributed by atoms with van der Waals surface area (Å²) in [7, 11) is 0. The molecule has 2 rings (SSSR count). The van der Waals surface area contributed by atoms with E-state index < -0.39 is 0 Å². The average molecular weight is 300 g/mol. The highest BCUT2D eigenvalue weighted by Crippen LogP contribution is 2.40. The van der Waals surface area contributed by atoms with Crippen molar-refractivity contribution >= 4 is 11.3 Å². The number of aryl methyl sites for hydroxylation is 1. The number of benzene rings is 1. The lowest BCUT2D eigenvalue weighted by molar-refractivity contribution is 0.549. The zero-order valence-corrected chi connectivity index (χ0v) is 15.2. The van der Waals surface area contributed by atoms with Crippen LogP contribution in [0.2, 0.25) is 0 Å². The maximum Gasteiger partial charge on any atom is 0.0534 e. The van der Waals surface area contributed by atoms with Gasteiger partial charge in [-0.3, -0.25) is 0 Å². The fourth-order valence-corrected chi connectivity index (χ4v) is 3.50. The summed E-state index contributed by atoms with van der Waals surface area (Å²) in [6.45, 7) is 16.8. The first-order chi connectivity index (χ1) is 10.4. The summed E-state index contributed by atoms with van der Waals surface area (Å²) in [5.41, 5.74) is 7.14.